The Morgan fingerprint density at radius 3 is 2.55 bits per heavy atom. The van der Waals surface area contributed by atoms with Crippen LogP contribution >= 0.6 is 23.8 Å². The number of thiocarbonyl (C=S) groups is 1. The number of carbonyl (C=O) groups is 1. The molecule has 0 saturated carbocycles. The van der Waals surface area contributed by atoms with Crippen LogP contribution in [0.15, 0.2) is 66.9 Å². The maximum Gasteiger partial charge on any atom is 0.335 e. The van der Waals surface area contributed by atoms with Crippen molar-refractivity contribution in [3.63, 3.8) is 0 Å². The number of nitrogens with zero attached hydrogens (tertiary/aromatic N) is 3. The molecule has 2 N–H and O–H groups in total. The van der Waals surface area contributed by atoms with E-state index in [-0.39, 0.29) is 17.6 Å². The number of hydrogen-bond acceptors (Lipinski definition) is 4. The molecule has 1 saturated heterocycles. The summed E-state index contributed by atoms with van der Waals surface area (Å²) in [5.74, 6) is -0.379. The van der Waals surface area contributed by atoms with Gasteiger partial charge in [-0.25, -0.2) is 4.79 Å². The number of aromatic nitrogens is 2. The number of halogens is 1. The summed E-state index contributed by atoms with van der Waals surface area (Å²) in [6, 6.07) is 18.3. The lowest BCUT2D eigenvalue weighted by atomic mass is 9.96. The number of ether oxygens (including phenoxy) is 1. The van der Waals surface area contributed by atoms with Gasteiger partial charge in [0.1, 0.15) is 5.75 Å². The van der Waals surface area contributed by atoms with Gasteiger partial charge in [-0.2, -0.15) is 0 Å². The predicted octanol–water partition coefficient (Wildman–Crippen LogP) is 6.33. The first-order chi connectivity index (χ1) is 18.2. The zero-order valence-electron chi connectivity index (χ0n) is 21.4. The Balaban J connectivity index is 1.70. The number of aromatic carboxylic acids is 1. The van der Waals surface area contributed by atoms with E-state index < -0.39 is 5.97 Å². The third-order valence-electron chi connectivity index (χ3n) is 7.00. The molecule has 0 bridgehead atoms. The molecule has 194 valence electrons. The number of benzene rings is 2. The second kappa shape index (κ2) is 10.1. The Bertz CT molecular complexity index is 1550. The number of hydrogen-bond donors (Lipinski definition) is 2. The Kier molecular flexibility index (Phi) is 6.86. The second-order valence-corrected chi connectivity index (χ2v) is 10.1. The first-order valence-corrected chi connectivity index (χ1v) is 12.9. The zero-order chi connectivity index (χ0) is 27.1. The maximum atomic E-state index is 11.7. The molecule has 2 aromatic heterocycles. The monoisotopic (exact) mass is 546 g/mol. The summed E-state index contributed by atoms with van der Waals surface area (Å²) in [6.45, 7) is 6.05. The standard InChI is InChI=1S/C29H27ClN4O3S/c1-16-8-9-19(28(35)36)14-24(16)33-17(2)13-21(18(33)3)27-26(23-7-5-6-12-31-23)32-29(38)34(27)20-10-11-25(37-4)22(30)15-20/h5-15,26-27H,1-4H3,(H,32,38)(H,35,36). The average molecular weight is 547 g/mol. The SMILES string of the molecule is COc1ccc(N2C(=S)NC(c3ccccn3)C2c2cc(C)n(-c3cc(C(=O)O)ccc3C)c2C)cc1Cl. The fraction of sp³-hybridized carbons (Fsp3) is 0.207. The van der Waals surface area contributed by atoms with Crippen molar-refractivity contribution in [2.24, 2.45) is 0 Å². The van der Waals surface area contributed by atoms with Gasteiger partial charge in [0, 0.05) is 29.0 Å². The summed E-state index contributed by atoms with van der Waals surface area (Å²) in [4.78, 5) is 18.4. The molecule has 1 aliphatic heterocycles. The van der Waals surface area contributed by atoms with E-state index in [2.05, 4.69) is 25.8 Å². The zero-order valence-corrected chi connectivity index (χ0v) is 23.0. The van der Waals surface area contributed by atoms with Gasteiger partial charge in [-0.1, -0.05) is 23.7 Å². The van der Waals surface area contributed by atoms with Crippen LogP contribution in [0, 0.1) is 20.8 Å². The fourth-order valence-electron chi connectivity index (χ4n) is 5.20. The molecule has 2 atom stereocenters. The van der Waals surface area contributed by atoms with Crippen LogP contribution in [0.4, 0.5) is 5.69 Å². The first kappa shape index (κ1) is 25.8. The molecule has 0 aliphatic carbocycles. The quantitative estimate of drug-likeness (QED) is 0.273. The average Bonchev–Trinajstić information content (AvgIpc) is 3.39. The molecule has 4 aromatic rings. The van der Waals surface area contributed by atoms with E-state index in [0.29, 0.717) is 15.9 Å². The Hall–Kier alpha value is -3.88. The summed E-state index contributed by atoms with van der Waals surface area (Å²) >= 11 is 12.4. The molecule has 2 unspecified atom stereocenters. The van der Waals surface area contributed by atoms with Crippen molar-refractivity contribution < 1.29 is 14.6 Å². The van der Waals surface area contributed by atoms with Crippen LogP contribution in [0.1, 0.15) is 50.7 Å². The van der Waals surface area contributed by atoms with Crippen molar-refractivity contribution in [2.75, 3.05) is 12.0 Å². The topological polar surface area (TPSA) is 79.6 Å². The minimum Gasteiger partial charge on any atom is -0.495 e. The van der Waals surface area contributed by atoms with Gasteiger partial charge in [-0.15, -0.1) is 0 Å². The molecule has 7 nitrogen and oxygen atoms in total. The molecule has 2 aromatic carbocycles. The highest BCUT2D eigenvalue weighted by Gasteiger charge is 2.42. The number of aryl methyl sites for hydroxylation is 2. The molecule has 0 amide bonds. The van der Waals surface area contributed by atoms with E-state index in [9.17, 15) is 9.90 Å². The molecule has 5 rings (SSSR count). The number of methoxy groups -OCH3 is 1. The molecule has 38 heavy (non-hydrogen) atoms. The van der Waals surface area contributed by atoms with Crippen LogP contribution in [-0.4, -0.2) is 32.8 Å². The highest BCUT2D eigenvalue weighted by Crippen LogP contribution is 2.45. The molecule has 0 spiro atoms. The smallest absolute Gasteiger partial charge is 0.335 e. The van der Waals surface area contributed by atoms with Gasteiger partial charge in [-0.3, -0.25) is 4.98 Å². The third-order valence-corrected chi connectivity index (χ3v) is 7.61. The molecular weight excluding hydrogens is 520 g/mol. The number of rotatable bonds is 6. The van der Waals surface area contributed by atoms with E-state index in [1.54, 1.807) is 25.4 Å². The summed E-state index contributed by atoms with van der Waals surface area (Å²) in [7, 11) is 1.58. The van der Waals surface area contributed by atoms with Gasteiger partial charge in [0.2, 0.25) is 0 Å². The second-order valence-electron chi connectivity index (χ2n) is 9.28. The number of anilines is 1. The lowest BCUT2D eigenvalue weighted by Crippen LogP contribution is -2.29. The van der Waals surface area contributed by atoms with Gasteiger partial charge in [0.15, 0.2) is 5.11 Å². The Labute approximate surface area is 231 Å². The molecule has 0 radical (unpaired) electrons. The first-order valence-electron chi connectivity index (χ1n) is 12.1. The van der Waals surface area contributed by atoms with Gasteiger partial charge in [0.25, 0.3) is 0 Å². The molecule has 1 fully saturated rings. The van der Waals surface area contributed by atoms with Crippen molar-refractivity contribution in [3.05, 3.63) is 106 Å². The van der Waals surface area contributed by atoms with Crippen molar-refractivity contribution in [2.45, 2.75) is 32.9 Å². The van der Waals surface area contributed by atoms with Crippen molar-refractivity contribution in [1.82, 2.24) is 14.9 Å². The van der Waals surface area contributed by atoms with Crippen molar-refractivity contribution in [3.8, 4) is 11.4 Å². The summed E-state index contributed by atoms with van der Waals surface area (Å²) < 4.78 is 7.47. The van der Waals surface area contributed by atoms with Crippen LogP contribution in [0.3, 0.4) is 0 Å². The number of carboxylic acids is 1. The van der Waals surface area contributed by atoms with E-state index in [1.165, 1.54) is 0 Å². The molecule has 9 heteroatoms. The van der Waals surface area contributed by atoms with Gasteiger partial charge < -0.3 is 24.6 Å². The number of pyridine rings is 1. The molecule has 1 aliphatic rings. The van der Waals surface area contributed by atoms with Crippen molar-refractivity contribution >= 4 is 40.6 Å². The fourth-order valence-corrected chi connectivity index (χ4v) is 5.79. The lowest BCUT2D eigenvalue weighted by Gasteiger charge is -2.28. The van der Waals surface area contributed by atoms with E-state index >= 15 is 0 Å². The normalized spacial score (nSPS) is 17.0. The Morgan fingerprint density at radius 2 is 1.89 bits per heavy atom. The van der Waals surface area contributed by atoms with Crippen LogP contribution in [0.25, 0.3) is 5.69 Å². The highest BCUT2D eigenvalue weighted by atomic mass is 35.5. The Morgan fingerprint density at radius 1 is 1.11 bits per heavy atom. The minimum atomic E-state index is -0.961. The largest absolute Gasteiger partial charge is 0.495 e. The minimum absolute atomic E-state index is 0.232. The number of carboxylic acid groups (broad SMARTS) is 1. The van der Waals surface area contributed by atoms with Crippen LogP contribution in [-0.2, 0) is 0 Å². The van der Waals surface area contributed by atoms with Gasteiger partial charge >= 0.3 is 5.97 Å². The van der Waals surface area contributed by atoms with Crippen LogP contribution in [0.2, 0.25) is 5.02 Å². The van der Waals surface area contributed by atoms with Crippen molar-refractivity contribution in [1.29, 1.82) is 0 Å². The predicted molar refractivity (Wildman–Crippen MR) is 153 cm³/mol. The van der Waals surface area contributed by atoms with Gasteiger partial charge in [-0.05, 0) is 92.6 Å². The molecule has 3 heterocycles. The van der Waals surface area contributed by atoms with E-state index in [4.69, 9.17) is 28.6 Å². The highest BCUT2D eigenvalue weighted by molar-refractivity contribution is 7.80. The van der Waals surface area contributed by atoms with E-state index in [0.717, 1.165) is 39.6 Å². The summed E-state index contributed by atoms with van der Waals surface area (Å²) in [5, 5.41) is 14.1. The maximum absolute atomic E-state index is 11.7. The summed E-state index contributed by atoms with van der Waals surface area (Å²) in [5.41, 5.74) is 6.73. The molecular formula is C29H27ClN4O3S. The summed E-state index contributed by atoms with van der Waals surface area (Å²) in [6.07, 6.45) is 1.77. The number of nitrogens with one attached hydrogen (secondary N) is 1. The third kappa shape index (κ3) is 4.40. The van der Waals surface area contributed by atoms with E-state index in [1.807, 2.05) is 63.2 Å². The van der Waals surface area contributed by atoms with Crippen LogP contribution < -0.4 is 15.0 Å². The van der Waals surface area contributed by atoms with Crippen LogP contribution in [0.5, 0.6) is 5.75 Å². The lowest BCUT2D eigenvalue weighted by molar-refractivity contribution is 0.0697. The van der Waals surface area contributed by atoms with Gasteiger partial charge in [0.05, 0.1) is 35.5 Å².